The van der Waals surface area contributed by atoms with Gasteiger partial charge in [-0.05, 0) is 62.4 Å². The number of thioether (sulfide) groups is 1. The van der Waals surface area contributed by atoms with E-state index in [-0.39, 0.29) is 28.4 Å². The Balaban J connectivity index is 1.66. The summed E-state index contributed by atoms with van der Waals surface area (Å²) in [7, 11) is 0. The number of carbonyl (C=O) groups excluding carboxylic acids is 2. The van der Waals surface area contributed by atoms with Crippen molar-refractivity contribution >= 4 is 23.0 Å². The second kappa shape index (κ2) is 13.3. The molecule has 36 heavy (non-hydrogen) atoms. The Hall–Kier alpha value is -2.31. The van der Waals surface area contributed by atoms with Crippen LogP contribution in [-0.4, -0.2) is 52.6 Å². The lowest BCUT2D eigenvalue weighted by atomic mass is 9.88. The van der Waals surface area contributed by atoms with Crippen molar-refractivity contribution in [3.05, 3.63) is 71.8 Å². The summed E-state index contributed by atoms with van der Waals surface area (Å²) in [5, 5.41) is 3.48. The van der Waals surface area contributed by atoms with E-state index in [1.165, 1.54) is 22.9 Å². The molecule has 2 atom stereocenters. The Bertz CT molecular complexity index is 920. The average molecular weight is 511 g/mol. The Morgan fingerprint density at radius 3 is 2.14 bits per heavy atom. The van der Waals surface area contributed by atoms with Gasteiger partial charge in [0.05, 0.1) is 0 Å². The minimum Gasteiger partial charge on any atom is -0.452 e. The lowest BCUT2D eigenvalue weighted by Crippen LogP contribution is -2.42. The van der Waals surface area contributed by atoms with Crippen LogP contribution in [0.2, 0.25) is 0 Å². The fourth-order valence-corrected chi connectivity index (χ4v) is 5.74. The largest absolute Gasteiger partial charge is 0.452 e. The van der Waals surface area contributed by atoms with Crippen molar-refractivity contribution in [2.45, 2.75) is 76.7 Å². The third-order valence-electron chi connectivity index (χ3n) is 6.30. The molecule has 1 amide bonds. The Labute approximate surface area is 221 Å². The fraction of sp³-hybridized carbons (Fsp3) is 0.533. The lowest BCUT2D eigenvalue weighted by Gasteiger charge is -2.29. The van der Waals surface area contributed by atoms with E-state index >= 15 is 0 Å². The van der Waals surface area contributed by atoms with Crippen molar-refractivity contribution in [3.63, 3.8) is 0 Å². The highest BCUT2D eigenvalue weighted by molar-refractivity contribution is 8.13. The number of rotatable bonds is 10. The zero-order valence-corrected chi connectivity index (χ0v) is 23.2. The van der Waals surface area contributed by atoms with Gasteiger partial charge >= 0.3 is 5.30 Å². The van der Waals surface area contributed by atoms with Crippen molar-refractivity contribution in [2.24, 2.45) is 5.92 Å². The van der Waals surface area contributed by atoms with Gasteiger partial charge in [-0.1, -0.05) is 74.5 Å². The van der Waals surface area contributed by atoms with E-state index in [1.807, 2.05) is 37.8 Å². The number of amides is 1. The molecule has 1 aliphatic rings. The maximum Gasteiger partial charge on any atom is 0.368 e. The van der Waals surface area contributed by atoms with Crippen LogP contribution in [0.15, 0.2) is 60.7 Å². The van der Waals surface area contributed by atoms with Gasteiger partial charge in [0.2, 0.25) is 5.91 Å². The third kappa shape index (κ3) is 9.29. The van der Waals surface area contributed by atoms with E-state index < -0.39 is 5.60 Å². The second-order valence-electron chi connectivity index (χ2n) is 11.1. The summed E-state index contributed by atoms with van der Waals surface area (Å²) >= 11 is 1.27. The number of ether oxygens (including phenoxy) is 1. The summed E-state index contributed by atoms with van der Waals surface area (Å²) in [6, 6.07) is 21.3. The molecule has 0 aromatic heterocycles. The van der Waals surface area contributed by atoms with E-state index in [9.17, 15) is 9.59 Å². The molecule has 1 fully saturated rings. The minimum absolute atomic E-state index is 0.160. The SMILES string of the molecule is CC(C)CC(=O)N(CCC(c1ccccc1)c1ccccc1)C[C@@H]1C[C@H](SC(=O)OC(C)(C)C)CN1. The zero-order chi connectivity index (χ0) is 26.1. The van der Waals surface area contributed by atoms with E-state index in [0.717, 1.165) is 19.4 Å². The molecule has 0 saturated carbocycles. The van der Waals surface area contributed by atoms with Crippen LogP contribution in [0, 0.1) is 5.92 Å². The van der Waals surface area contributed by atoms with Crippen molar-refractivity contribution in [3.8, 4) is 0 Å². The highest BCUT2D eigenvalue weighted by Crippen LogP contribution is 2.29. The van der Waals surface area contributed by atoms with Crippen molar-refractivity contribution in [2.75, 3.05) is 19.6 Å². The van der Waals surface area contributed by atoms with E-state index in [4.69, 9.17) is 4.74 Å². The maximum absolute atomic E-state index is 13.3. The first-order valence-corrected chi connectivity index (χ1v) is 14.0. The van der Waals surface area contributed by atoms with Gasteiger partial charge in [-0.25, -0.2) is 4.79 Å². The Morgan fingerprint density at radius 1 is 1.03 bits per heavy atom. The standard InChI is InChI=1S/C30H42N2O3S/c1-22(2)18-28(33)32(21-25-19-26(20-31-25)36-29(34)35-30(3,4)5)17-16-27(23-12-8-6-9-13-23)24-14-10-7-11-15-24/h6-15,22,25-27,31H,16-21H2,1-5H3/t25-,26-/m0/s1. The normalized spacial score (nSPS) is 18.0. The molecule has 3 rings (SSSR count). The van der Waals surface area contributed by atoms with Gasteiger partial charge in [0, 0.05) is 43.3 Å². The molecule has 2 aromatic rings. The summed E-state index contributed by atoms with van der Waals surface area (Å²) in [6.07, 6.45) is 2.25. The van der Waals surface area contributed by atoms with Gasteiger partial charge in [-0.2, -0.15) is 0 Å². The molecule has 1 aliphatic heterocycles. The molecule has 1 saturated heterocycles. The quantitative estimate of drug-likeness (QED) is 0.371. The van der Waals surface area contributed by atoms with Gasteiger partial charge in [-0.3, -0.25) is 4.79 Å². The lowest BCUT2D eigenvalue weighted by molar-refractivity contribution is -0.132. The molecular formula is C30H42N2O3S. The molecule has 1 heterocycles. The molecule has 0 spiro atoms. The molecule has 1 N–H and O–H groups in total. The highest BCUT2D eigenvalue weighted by Gasteiger charge is 2.31. The third-order valence-corrected chi connectivity index (χ3v) is 7.27. The minimum atomic E-state index is -0.483. The number of benzene rings is 2. The molecule has 196 valence electrons. The first-order valence-electron chi connectivity index (χ1n) is 13.1. The summed E-state index contributed by atoms with van der Waals surface area (Å²) in [4.78, 5) is 27.6. The molecule has 0 unspecified atom stereocenters. The van der Waals surface area contributed by atoms with Gasteiger partial charge in [0.1, 0.15) is 5.60 Å². The number of hydrogen-bond acceptors (Lipinski definition) is 5. The van der Waals surface area contributed by atoms with Crippen LogP contribution in [0.4, 0.5) is 4.79 Å². The number of nitrogens with one attached hydrogen (secondary N) is 1. The fourth-order valence-electron chi connectivity index (χ4n) is 4.66. The Kier molecular flexibility index (Phi) is 10.4. The van der Waals surface area contributed by atoms with Crippen LogP contribution in [0.5, 0.6) is 0 Å². The molecule has 5 nitrogen and oxygen atoms in total. The summed E-state index contributed by atoms with van der Waals surface area (Å²) in [6.45, 7) is 11.9. The van der Waals surface area contributed by atoms with Crippen molar-refractivity contribution in [1.29, 1.82) is 0 Å². The number of carbonyl (C=O) groups is 2. The molecule has 0 radical (unpaired) electrons. The maximum atomic E-state index is 13.3. The monoisotopic (exact) mass is 510 g/mol. The van der Waals surface area contributed by atoms with Crippen LogP contribution >= 0.6 is 11.8 Å². The van der Waals surface area contributed by atoms with Gasteiger partial charge in [0.15, 0.2) is 0 Å². The Morgan fingerprint density at radius 2 is 1.61 bits per heavy atom. The van der Waals surface area contributed by atoms with E-state index in [1.54, 1.807) is 0 Å². The number of hydrogen-bond donors (Lipinski definition) is 1. The number of nitrogens with zero attached hydrogens (tertiary/aromatic N) is 1. The molecule has 6 heteroatoms. The second-order valence-corrected chi connectivity index (χ2v) is 12.4. The van der Waals surface area contributed by atoms with Crippen LogP contribution in [0.1, 0.15) is 70.9 Å². The molecule has 2 aromatic carbocycles. The van der Waals surface area contributed by atoms with Crippen molar-refractivity contribution in [1.82, 2.24) is 10.2 Å². The van der Waals surface area contributed by atoms with Crippen LogP contribution in [0.25, 0.3) is 0 Å². The van der Waals surface area contributed by atoms with Crippen LogP contribution in [-0.2, 0) is 9.53 Å². The summed E-state index contributed by atoms with van der Waals surface area (Å²) in [5.74, 6) is 0.745. The molecule has 0 aliphatic carbocycles. The van der Waals surface area contributed by atoms with Crippen LogP contribution in [0.3, 0.4) is 0 Å². The van der Waals surface area contributed by atoms with E-state index in [2.05, 4.69) is 67.7 Å². The predicted molar refractivity (Wildman–Crippen MR) is 149 cm³/mol. The van der Waals surface area contributed by atoms with Crippen molar-refractivity contribution < 1.29 is 14.3 Å². The average Bonchev–Trinajstić information content (AvgIpc) is 3.24. The first-order chi connectivity index (χ1) is 17.1. The highest BCUT2D eigenvalue weighted by atomic mass is 32.2. The van der Waals surface area contributed by atoms with Gasteiger partial charge in [0.25, 0.3) is 0 Å². The topological polar surface area (TPSA) is 58.6 Å². The van der Waals surface area contributed by atoms with Gasteiger partial charge < -0.3 is 15.0 Å². The van der Waals surface area contributed by atoms with E-state index in [0.29, 0.717) is 25.4 Å². The summed E-state index contributed by atoms with van der Waals surface area (Å²) < 4.78 is 5.48. The zero-order valence-electron chi connectivity index (χ0n) is 22.4. The molecular weight excluding hydrogens is 468 g/mol. The smallest absolute Gasteiger partial charge is 0.368 e. The van der Waals surface area contributed by atoms with Gasteiger partial charge in [-0.15, -0.1) is 0 Å². The molecule has 0 bridgehead atoms. The first kappa shape index (κ1) is 28.3. The van der Waals surface area contributed by atoms with Crippen LogP contribution < -0.4 is 5.32 Å². The predicted octanol–water partition coefficient (Wildman–Crippen LogP) is 6.48. The summed E-state index contributed by atoms with van der Waals surface area (Å²) in [5.41, 5.74) is 2.06.